The highest BCUT2D eigenvalue weighted by Crippen LogP contribution is 2.36. The van der Waals surface area contributed by atoms with E-state index in [1.54, 1.807) is 6.26 Å². The van der Waals surface area contributed by atoms with Crippen LogP contribution in [-0.4, -0.2) is 12.6 Å². The van der Waals surface area contributed by atoms with Crippen LogP contribution in [-0.2, 0) is 6.42 Å². The number of rotatable bonds is 2. The molecular weight excluding hydrogens is 350 g/mol. The molecule has 1 aliphatic heterocycles. The number of anilines is 1. The molecule has 4 nitrogen and oxygen atoms in total. The summed E-state index contributed by atoms with van der Waals surface area (Å²) in [4.78, 5) is 0. The minimum atomic E-state index is 0.174. The van der Waals surface area contributed by atoms with Gasteiger partial charge in [-0.05, 0) is 47.9 Å². The first kappa shape index (κ1) is 15.6. The molecule has 5 aromatic rings. The van der Waals surface area contributed by atoms with E-state index in [0.29, 0.717) is 6.61 Å². The van der Waals surface area contributed by atoms with Crippen LogP contribution in [0.5, 0.6) is 5.75 Å². The molecule has 6 rings (SSSR count). The lowest BCUT2D eigenvalue weighted by molar-refractivity contribution is 0.284. The smallest absolute Gasteiger partial charge is 0.143 e. The minimum Gasteiger partial charge on any atom is -0.489 e. The van der Waals surface area contributed by atoms with Crippen molar-refractivity contribution in [2.45, 2.75) is 19.4 Å². The molecule has 0 saturated heterocycles. The van der Waals surface area contributed by atoms with Gasteiger partial charge in [-0.25, -0.2) is 0 Å². The Labute approximate surface area is 161 Å². The second kappa shape index (κ2) is 5.80. The van der Waals surface area contributed by atoms with Crippen molar-refractivity contribution in [1.82, 2.24) is 0 Å². The van der Waals surface area contributed by atoms with Gasteiger partial charge in [0.15, 0.2) is 0 Å². The van der Waals surface area contributed by atoms with Crippen LogP contribution in [0.3, 0.4) is 0 Å². The van der Waals surface area contributed by atoms with Crippen molar-refractivity contribution in [3.8, 4) is 5.75 Å². The van der Waals surface area contributed by atoms with Crippen LogP contribution < -0.4 is 10.1 Å². The first-order valence-electron chi connectivity index (χ1n) is 9.55. The Kier molecular flexibility index (Phi) is 3.24. The number of fused-ring (bicyclic) bond motifs is 4. The molecule has 0 amide bonds. The van der Waals surface area contributed by atoms with Gasteiger partial charge in [0.1, 0.15) is 23.5 Å². The summed E-state index contributed by atoms with van der Waals surface area (Å²) in [5.74, 6) is 0.885. The molecule has 0 aliphatic carbocycles. The molecule has 3 heterocycles. The van der Waals surface area contributed by atoms with Gasteiger partial charge in [-0.1, -0.05) is 24.3 Å². The highest BCUT2D eigenvalue weighted by molar-refractivity contribution is 5.97. The molecule has 28 heavy (non-hydrogen) atoms. The normalized spacial score (nSPS) is 16.2. The van der Waals surface area contributed by atoms with E-state index >= 15 is 0 Å². The van der Waals surface area contributed by atoms with Crippen molar-refractivity contribution in [2.24, 2.45) is 0 Å². The zero-order valence-electron chi connectivity index (χ0n) is 15.5. The standard InChI is InChI=1S/C24H19NO3/c1-14-11-26-23-10-21-24(9-19(14)23)28-13-18(25-21)6-17-12-27-22-8-16-5-3-2-4-15(16)7-20(17)22/h2-5,7-12,18,25H,6,13H2,1H3. The maximum absolute atomic E-state index is 6.06. The molecule has 0 fully saturated rings. The number of hydrogen-bond donors (Lipinski definition) is 1. The van der Waals surface area contributed by atoms with E-state index in [9.17, 15) is 0 Å². The summed E-state index contributed by atoms with van der Waals surface area (Å²) in [6.07, 6.45) is 4.50. The van der Waals surface area contributed by atoms with E-state index < -0.39 is 0 Å². The molecule has 1 aliphatic rings. The van der Waals surface area contributed by atoms with Gasteiger partial charge >= 0.3 is 0 Å². The van der Waals surface area contributed by atoms with Gasteiger partial charge in [0, 0.05) is 22.4 Å². The average Bonchev–Trinajstić information content (AvgIpc) is 3.28. The lowest BCUT2D eigenvalue weighted by Gasteiger charge is -2.27. The zero-order valence-corrected chi connectivity index (χ0v) is 15.5. The van der Waals surface area contributed by atoms with Crippen molar-refractivity contribution < 1.29 is 13.6 Å². The maximum Gasteiger partial charge on any atom is 0.143 e. The van der Waals surface area contributed by atoms with E-state index in [1.807, 2.05) is 19.3 Å². The van der Waals surface area contributed by atoms with Gasteiger partial charge in [0.2, 0.25) is 0 Å². The summed E-state index contributed by atoms with van der Waals surface area (Å²) in [5, 5.41) is 8.31. The van der Waals surface area contributed by atoms with Gasteiger partial charge < -0.3 is 18.9 Å². The van der Waals surface area contributed by atoms with Crippen molar-refractivity contribution in [2.75, 3.05) is 11.9 Å². The average molecular weight is 369 g/mol. The third kappa shape index (κ3) is 2.38. The van der Waals surface area contributed by atoms with Gasteiger partial charge in [0.05, 0.1) is 24.3 Å². The Balaban J connectivity index is 1.33. The van der Waals surface area contributed by atoms with E-state index in [-0.39, 0.29) is 6.04 Å². The molecule has 1 unspecified atom stereocenters. The molecule has 4 heteroatoms. The largest absolute Gasteiger partial charge is 0.489 e. The summed E-state index contributed by atoms with van der Waals surface area (Å²) >= 11 is 0. The van der Waals surface area contributed by atoms with Gasteiger partial charge in [-0.3, -0.25) is 0 Å². The number of ether oxygens (including phenoxy) is 1. The minimum absolute atomic E-state index is 0.174. The molecule has 3 aromatic carbocycles. The van der Waals surface area contributed by atoms with Crippen LogP contribution in [0.2, 0.25) is 0 Å². The fourth-order valence-electron chi connectivity index (χ4n) is 4.16. The highest BCUT2D eigenvalue weighted by atomic mass is 16.5. The second-order valence-corrected chi connectivity index (χ2v) is 7.58. The Hall–Kier alpha value is -3.40. The Morgan fingerprint density at radius 2 is 1.71 bits per heavy atom. The lowest BCUT2D eigenvalue weighted by Crippen LogP contribution is -2.33. The summed E-state index contributed by atoms with van der Waals surface area (Å²) < 4.78 is 17.6. The van der Waals surface area contributed by atoms with Crippen molar-refractivity contribution in [3.05, 3.63) is 72.2 Å². The van der Waals surface area contributed by atoms with Crippen LogP contribution in [0, 0.1) is 6.92 Å². The van der Waals surface area contributed by atoms with Gasteiger partial charge in [0.25, 0.3) is 0 Å². The Bertz CT molecular complexity index is 1340. The second-order valence-electron chi connectivity index (χ2n) is 7.58. The number of furan rings is 2. The van der Waals surface area contributed by atoms with Gasteiger partial charge in [-0.15, -0.1) is 0 Å². The predicted octanol–water partition coefficient (Wildman–Crippen LogP) is 6.06. The Morgan fingerprint density at radius 1 is 0.929 bits per heavy atom. The first-order chi connectivity index (χ1) is 13.7. The summed E-state index contributed by atoms with van der Waals surface area (Å²) in [6, 6.07) is 17.0. The molecule has 1 N–H and O–H groups in total. The number of aryl methyl sites for hydroxylation is 1. The third-order valence-corrected chi connectivity index (χ3v) is 5.66. The maximum atomic E-state index is 6.06. The van der Waals surface area contributed by atoms with Gasteiger partial charge in [-0.2, -0.15) is 0 Å². The first-order valence-corrected chi connectivity index (χ1v) is 9.55. The number of benzene rings is 3. The van der Waals surface area contributed by atoms with E-state index in [2.05, 4.69) is 47.8 Å². The third-order valence-electron chi connectivity index (χ3n) is 5.66. The monoisotopic (exact) mass is 369 g/mol. The summed E-state index contributed by atoms with van der Waals surface area (Å²) in [5.41, 5.74) is 5.11. The van der Waals surface area contributed by atoms with Crippen LogP contribution in [0.4, 0.5) is 5.69 Å². The van der Waals surface area contributed by atoms with Crippen molar-refractivity contribution in [3.63, 3.8) is 0 Å². The number of nitrogens with one attached hydrogen (secondary N) is 1. The molecule has 0 saturated carbocycles. The number of hydrogen-bond acceptors (Lipinski definition) is 4. The summed E-state index contributed by atoms with van der Waals surface area (Å²) in [7, 11) is 0. The highest BCUT2D eigenvalue weighted by Gasteiger charge is 2.22. The van der Waals surface area contributed by atoms with E-state index in [1.165, 1.54) is 21.7 Å². The van der Waals surface area contributed by atoms with Crippen LogP contribution in [0.1, 0.15) is 11.1 Å². The van der Waals surface area contributed by atoms with Crippen LogP contribution in [0.15, 0.2) is 69.9 Å². The molecule has 0 radical (unpaired) electrons. The van der Waals surface area contributed by atoms with Crippen LogP contribution >= 0.6 is 0 Å². The van der Waals surface area contributed by atoms with Crippen LogP contribution in [0.25, 0.3) is 32.7 Å². The molecule has 138 valence electrons. The van der Waals surface area contributed by atoms with Crippen molar-refractivity contribution >= 4 is 38.4 Å². The predicted molar refractivity (Wildman–Crippen MR) is 111 cm³/mol. The molecule has 1 atom stereocenters. The molecular formula is C24H19NO3. The molecule has 0 bridgehead atoms. The fourth-order valence-corrected chi connectivity index (χ4v) is 4.16. The van der Waals surface area contributed by atoms with Crippen molar-refractivity contribution in [1.29, 1.82) is 0 Å². The van der Waals surface area contributed by atoms with E-state index in [4.69, 9.17) is 13.6 Å². The Morgan fingerprint density at radius 3 is 2.61 bits per heavy atom. The SMILES string of the molecule is Cc1coc2cc3c(cc12)OCC(Cc1coc2cc4ccccc4cc12)N3. The molecule has 2 aromatic heterocycles. The van der Waals surface area contributed by atoms with E-state index in [0.717, 1.165) is 40.0 Å². The fraction of sp³-hybridized carbons (Fsp3) is 0.167. The summed E-state index contributed by atoms with van der Waals surface area (Å²) in [6.45, 7) is 2.67. The molecule has 0 spiro atoms. The topological polar surface area (TPSA) is 47.5 Å². The zero-order chi connectivity index (χ0) is 18.7. The quantitative estimate of drug-likeness (QED) is 0.411. The lowest BCUT2D eigenvalue weighted by atomic mass is 10.0.